The molecule has 0 aliphatic carbocycles. The van der Waals surface area contributed by atoms with Crippen molar-refractivity contribution >= 4 is 19.6 Å². The summed E-state index contributed by atoms with van der Waals surface area (Å²) < 4.78 is 59.2. The van der Waals surface area contributed by atoms with E-state index in [9.17, 15) is 25.2 Å². The van der Waals surface area contributed by atoms with E-state index in [0.29, 0.717) is 0 Å². The molecule has 8 heteroatoms. The molecule has 0 N–H and O–H groups in total. The molecule has 0 amide bonds. The van der Waals surface area contributed by atoms with Crippen molar-refractivity contribution in [2.75, 3.05) is 11.4 Å². The summed E-state index contributed by atoms with van der Waals surface area (Å²) in [7, 11) is -10.7. The molecule has 1 heterocycles. The van der Waals surface area contributed by atoms with Crippen LogP contribution in [0.25, 0.3) is 6.08 Å². The van der Waals surface area contributed by atoms with Crippen LogP contribution in [0.1, 0.15) is 12.6 Å². The third-order valence-electron chi connectivity index (χ3n) is 3.12. The van der Waals surface area contributed by atoms with E-state index in [-0.39, 0.29) is 1.43 Å². The molecule has 1 aliphatic rings. The Hall–Kier alpha value is -2.01. The van der Waals surface area contributed by atoms with Gasteiger partial charge in [-0.3, -0.25) is 0 Å². The summed E-state index contributed by atoms with van der Waals surface area (Å²) >= 11 is 0. The van der Waals surface area contributed by atoms with Crippen LogP contribution in [0.2, 0.25) is 0 Å². The van der Waals surface area contributed by atoms with Gasteiger partial charge in [-0.2, -0.15) is 0 Å². The van der Waals surface area contributed by atoms with E-state index in [0.717, 1.165) is 13.1 Å². The number of fused-ring (bicyclic) bond motifs is 1. The van der Waals surface area contributed by atoms with Gasteiger partial charge >= 0.3 is 34.4 Å². The number of benzene rings is 2. The predicted octanol–water partition coefficient (Wildman–Crippen LogP) is 7.21. The zero-order chi connectivity index (χ0) is 17.9. The number of hydrogen-bond donors (Lipinski definition) is 0. The first kappa shape index (κ1) is 18.3. The van der Waals surface area contributed by atoms with Gasteiger partial charge in [-0.15, -0.1) is 0 Å². The Morgan fingerprint density at radius 1 is 0.833 bits per heavy atom. The van der Waals surface area contributed by atoms with Crippen LogP contribution < -0.4 is 4.90 Å². The molecule has 1 nitrogen and oxygen atoms in total. The molecule has 0 spiro atoms. The third-order valence-corrected chi connectivity index (χ3v) is 3.12. The molecule has 2 aromatic carbocycles. The maximum atomic E-state index is 9.87. The van der Waals surface area contributed by atoms with Crippen molar-refractivity contribution < 1.29 is 26.6 Å². The minimum Gasteiger partial charge on any atom is 1.00 e. The van der Waals surface area contributed by atoms with Crippen molar-refractivity contribution in [2.45, 2.75) is 6.54 Å². The first-order valence-corrected chi connectivity index (χ1v) is 9.02. The van der Waals surface area contributed by atoms with E-state index in [1.54, 1.807) is 0 Å². The van der Waals surface area contributed by atoms with Gasteiger partial charge in [-0.25, -0.2) is 0 Å². The zero-order valence-electron chi connectivity index (χ0n) is 13.4. The van der Waals surface area contributed by atoms with Gasteiger partial charge in [0.1, 0.15) is 0 Å². The smallest absolute Gasteiger partial charge is 1.00 e. The Balaban J connectivity index is 0.000000339. The van der Waals surface area contributed by atoms with Crippen LogP contribution in [-0.4, -0.2) is 6.54 Å². The maximum Gasteiger partial charge on any atom is 1.00 e. The number of nitrogens with zero attached hydrogens (tertiary/aromatic N) is 1. The van der Waals surface area contributed by atoms with Crippen LogP contribution >= 0.6 is 7.81 Å². The Bertz CT molecular complexity index is 720. The quantitative estimate of drug-likeness (QED) is 0.400. The standard InChI is InChI=1S/C16H15N.F6P/c1-2-7-14(8-3-1)13-17-12-6-10-15-9-4-5-11-16(15)17;1-7(2,3,4,5)6/h1-11H,12-13H2;/q;-1/p+1. The number of para-hydroxylation sites is 1. The van der Waals surface area contributed by atoms with E-state index < -0.39 is 7.81 Å². The molecule has 0 aromatic heterocycles. The number of halogens is 6. The van der Waals surface area contributed by atoms with Gasteiger partial charge in [0.25, 0.3) is 0 Å². The van der Waals surface area contributed by atoms with Crippen molar-refractivity contribution in [1.82, 2.24) is 0 Å². The topological polar surface area (TPSA) is 3.24 Å². The van der Waals surface area contributed by atoms with Gasteiger partial charge in [0, 0.05) is 18.8 Å². The molecule has 0 radical (unpaired) electrons. The molecule has 0 fully saturated rings. The number of hydrogen-bond acceptors (Lipinski definition) is 1. The summed E-state index contributed by atoms with van der Waals surface area (Å²) in [4.78, 5) is 2.41. The summed E-state index contributed by atoms with van der Waals surface area (Å²) in [6, 6.07) is 19.2. The van der Waals surface area contributed by atoms with Crippen molar-refractivity contribution in [2.24, 2.45) is 0 Å². The summed E-state index contributed by atoms with van der Waals surface area (Å²) in [5.74, 6) is 0. The summed E-state index contributed by atoms with van der Waals surface area (Å²) in [5.41, 5.74) is 4.01. The van der Waals surface area contributed by atoms with Gasteiger partial charge in [-0.05, 0) is 17.2 Å². The minimum absolute atomic E-state index is 0. The van der Waals surface area contributed by atoms with Crippen LogP contribution in [0.5, 0.6) is 0 Å². The Labute approximate surface area is 136 Å². The molecule has 0 unspecified atom stereocenters. The normalized spacial score (nSPS) is 16.3. The predicted molar refractivity (Wildman–Crippen MR) is 87.6 cm³/mol. The molecule has 2 aromatic rings. The molecule has 0 atom stereocenters. The van der Waals surface area contributed by atoms with Crippen molar-refractivity contribution in [1.29, 1.82) is 0 Å². The van der Waals surface area contributed by atoms with Crippen LogP contribution in [0.15, 0.2) is 60.7 Å². The van der Waals surface area contributed by atoms with E-state index >= 15 is 0 Å². The molecule has 24 heavy (non-hydrogen) atoms. The van der Waals surface area contributed by atoms with Gasteiger partial charge in [-0.1, -0.05) is 60.7 Å². The molecule has 3 rings (SSSR count). The fourth-order valence-electron chi connectivity index (χ4n) is 2.28. The van der Waals surface area contributed by atoms with Crippen molar-refractivity contribution in [3.8, 4) is 0 Å². The van der Waals surface area contributed by atoms with Crippen LogP contribution in [0, 0.1) is 0 Å². The zero-order valence-corrected chi connectivity index (χ0v) is 13.3. The second-order valence-corrected chi connectivity index (χ2v) is 7.20. The minimum atomic E-state index is -10.7. The molecule has 0 bridgehead atoms. The molecular weight excluding hydrogens is 351 g/mol. The molecular formula is C16H16F6NP. The number of rotatable bonds is 2. The van der Waals surface area contributed by atoms with Gasteiger partial charge < -0.3 is 4.90 Å². The summed E-state index contributed by atoms with van der Waals surface area (Å²) in [5, 5.41) is 0. The number of anilines is 1. The first-order chi connectivity index (χ1) is 10.9. The maximum absolute atomic E-state index is 10.7. The largest absolute Gasteiger partial charge is 1.00 e. The average Bonchev–Trinajstić information content (AvgIpc) is 2.46. The van der Waals surface area contributed by atoms with Gasteiger partial charge in [0.2, 0.25) is 0 Å². The summed E-state index contributed by atoms with van der Waals surface area (Å²) in [6.07, 6.45) is 4.43. The fraction of sp³-hybridized carbons (Fsp3) is 0.125. The van der Waals surface area contributed by atoms with E-state index in [1.807, 2.05) is 0 Å². The van der Waals surface area contributed by atoms with Crippen LogP contribution in [0.3, 0.4) is 0 Å². The Morgan fingerprint density at radius 2 is 1.38 bits per heavy atom. The monoisotopic (exact) mass is 367 g/mol. The van der Waals surface area contributed by atoms with Crippen molar-refractivity contribution in [3.05, 3.63) is 71.8 Å². The van der Waals surface area contributed by atoms with E-state index in [4.69, 9.17) is 0 Å². The Kier molecular flexibility index (Phi) is 4.44. The molecule has 132 valence electrons. The molecule has 0 saturated carbocycles. The van der Waals surface area contributed by atoms with Crippen LogP contribution in [0.4, 0.5) is 30.9 Å². The van der Waals surface area contributed by atoms with E-state index in [2.05, 4.69) is 71.6 Å². The molecule has 1 aliphatic heterocycles. The Morgan fingerprint density at radius 3 is 2.00 bits per heavy atom. The fourth-order valence-corrected chi connectivity index (χ4v) is 2.28. The average molecular weight is 367 g/mol. The van der Waals surface area contributed by atoms with E-state index in [1.165, 1.54) is 16.8 Å². The first-order valence-electron chi connectivity index (χ1n) is 6.99. The SMILES string of the molecule is C1=Cc2ccccc2N(Cc2ccccc2)C1.F[P-](F)(F)(F)(F)F.[H+]. The third kappa shape index (κ3) is 7.51. The van der Waals surface area contributed by atoms with Gasteiger partial charge in [0.15, 0.2) is 0 Å². The van der Waals surface area contributed by atoms with Crippen LogP contribution in [-0.2, 0) is 6.54 Å². The summed E-state index contributed by atoms with van der Waals surface area (Å²) in [6.45, 7) is 1.97. The second-order valence-electron chi connectivity index (χ2n) is 5.29. The van der Waals surface area contributed by atoms with Gasteiger partial charge in [0.05, 0.1) is 0 Å². The second kappa shape index (κ2) is 5.81. The van der Waals surface area contributed by atoms with Crippen molar-refractivity contribution in [3.63, 3.8) is 0 Å². The molecule has 0 saturated heterocycles.